The zero-order valence-corrected chi connectivity index (χ0v) is 12.7. The fourth-order valence-corrected chi connectivity index (χ4v) is 3.15. The molecule has 3 N–H and O–H groups in total. The van der Waals surface area contributed by atoms with E-state index in [0.717, 1.165) is 0 Å². The van der Waals surface area contributed by atoms with Crippen LogP contribution < -0.4 is 11.1 Å². The highest BCUT2D eigenvalue weighted by Gasteiger charge is 2.32. The second-order valence-corrected chi connectivity index (χ2v) is 6.88. The summed E-state index contributed by atoms with van der Waals surface area (Å²) in [6.45, 7) is 9.68. The van der Waals surface area contributed by atoms with Gasteiger partial charge in [-0.2, -0.15) is 0 Å². The molecule has 0 amide bonds. The Hall–Kier alpha value is -0.870. The fraction of sp³-hybridized carbons (Fsp3) is 0.800. The molecule has 1 fully saturated rings. The number of nitrogens with one attached hydrogen (secondary N) is 1. The predicted octanol–water partition coefficient (Wildman–Crippen LogP) is 2.63. The Labute approximate surface area is 116 Å². The molecule has 0 aliphatic heterocycles. The lowest BCUT2D eigenvalue weighted by molar-refractivity contribution is 0.349. The summed E-state index contributed by atoms with van der Waals surface area (Å²) in [5, 5.41) is 3.73. The Morgan fingerprint density at radius 3 is 2.79 bits per heavy atom. The zero-order chi connectivity index (χ0) is 14.0. The predicted molar refractivity (Wildman–Crippen MR) is 79.0 cm³/mol. The Balaban J connectivity index is 2.06. The molecule has 0 saturated heterocycles. The van der Waals surface area contributed by atoms with Crippen molar-refractivity contribution in [3.05, 3.63) is 18.2 Å². The van der Waals surface area contributed by atoms with Crippen molar-refractivity contribution in [2.75, 3.05) is 6.54 Å². The highest BCUT2D eigenvalue weighted by atomic mass is 15.1. The molecule has 1 aliphatic rings. The summed E-state index contributed by atoms with van der Waals surface area (Å²) < 4.78 is 2.21. The standard InChI is InChI=1S/C15H28N4/c1-11(2)19-10-17-9-14(19)13(8-16)18-12-5-6-15(3,4)7-12/h9-13,18H,5-8,16H2,1-4H3. The van der Waals surface area contributed by atoms with Crippen molar-refractivity contribution in [1.82, 2.24) is 14.9 Å². The van der Waals surface area contributed by atoms with Gasteiger partial charge in [0, 0.05) is 24.8 Å². The van der Waals surface area contributed by atoms with Crippen LogP contribution in [0.4, 0.5) is 0 Å². The highest BCUT2D eigenvalue weighted by molar-refractivity contribution is 5.08. The van der Waals surface area contributed by atoms with Crippen molar-refractivity contribution in [3.63, 3.8) is 0 Å². The van der Waals surface area contributed by atoms with Crippen molar-refractivity contribution in [1.29, 1.82) is 0 Å². The average molecular weight is 264 g/mol. The van der Waals surface area contributed by atoms with Gasteiger partial charge in [0.05, 0.1) is 18.1 Å². The van der Waals surface area contributed by atoms with Crippen molar-refractivity contribution in [2.45, 2.75) is 65.1 Å². The summed E-state index contributed by atoms with van der Waals surface area (Å²) in [6, 6.07) is 1.22. The molecule has 0 spiro atoms. The Kier molecular flexibility index (Phi) is 4.31. The van der Waals surface area contributed by atoms with E-state index in [1.165, 1.54) is 25.0 Å². The van der Waals surface area contributed by atoms with Crippen LogP contribution in [0.15, 0.2) is 12.5 Å². The summed E-state index contributed by atoms with van der Waals surface area (Å²) >= 11 is 0. The zero-order valence-electron chi connectivity index (χ0n) is 12.7. The molecule has 1 aromatic heterocycles. The summed E-state index contributed by atoms with van der Waals surface area (Å²) in [4.78, 5) is 4.28. The summed E-state index contributed by atoms with van der Waals surface area (Å²) in [7, 11) is 0. The van der Waals surface area contributed by atoms with Crippen molar-refractivity contribution < 1.29 is 0 Å². The first-order chi connectivity index (χ1) is 8.93. The molecule has 2 rings (SSSR count). The monoisotopic (exact) mass is 264 g/mol. The van der Waals surface area contributed by atoms with Gasteiger partial charge in [-0.25, -0.2) is 4.98 Å². The molecule has 0 bridgehead atoms. The SMILES string of the molecule is CC(C)n1cncc1C(CN)NC1CCC(C)(C)C1. The van der Waals surface area contributed by atoms with Gasteiger partial charge < -0.3 is 15.6 Å². The maximum Gasteiger partial charge on any atom is 0.0951 e. The molecule has 4 nitrogen and oxygen atoms in total. The molecule has 1 aromatic rings. The Morgan fingerprint density at radius 1 is 1.53 bits per heavy atom. The van der Waals surface area contributed by atoms with Crippen LogP contribution >= 0.6 is 0 Å². The second kappa shape index (κ2) is 5.63. The number of nitrogens with zero attached hydrogens (tertiary/aromatic N) is 2. The van der Waals surface area contributed by atoms with Crippen LogP contribution in [0.3, 0.4) is 0 Å². The van der Waals surface area contributed by atoms with E-state index in [4.69, 9.17) is 5.73 Å². The molecule has 0 aromatic carbocycles. The van der Waals surface area contributed by atoms with Crippen molar-refractivity contribution >= 4 is 0 Å². The van der Waals surface area contributed by atoms with Crippen LogP contribution in [0.2, 0.25) is 0 Å². The van der Waals surface area contributed by atoms with Gasteiger partial charge in [-0.15, -0.1) is 0 Å². The van der Waals surface area contributed by atoms with Crippen molar-refractivity contribution in [3.8, 4) is 0 Å². The van der Waals surface area contributed by atoms with Gasteiger partial charge >= 0.3 is 0 Å². The van der Waals surface area contributed by atoms with E-state index >= 15 is 0 Å². The fourth-order valence-electron chi connectivity index (χ4n) is 3.15. The van der Waals surface area contributed by atoms with Crippen LogP contribution in [0, 0.1) is 5.41 Å². The minimum absolute atomic E-state index is 0.212. The molecule has 2 unspecified atom stereocenters. The van der Waals surface area contributed by atoms with E-state index in [2.05, 4.69) is 42.6 Å². The lowest BCUT2D eigenvalue weighted by Crippen LogP contribution is -2.37. The molecule has 1 aliphatic carbocycles. The molecule has 1 heterocycles. The highest BCUT2D eigenvalue weighted by Crippen LogP contribution is 2.37. The van der Waals surface area contributed by atoms with Gasteiger partial charge in [0.25, 0.3) is 0 Å². The number of hydrogen-bond acceptors (Lipinski definition) is 3. The Morgan fingerprint density at radius 2 is 2.26 bits per heavy atom. The number of rotatable bonds is 5. The first-order valence-electron chi connectivity index (χ1n) is 7.41. The summed E-state index contributed by atoms with van der Waals surface area (Å²) in [5.41, 5.74) is 7.65. The van der Waals surface area contributed by atoms with Gasteiger partial charge in [-0.3, -0.25) is 0 Å². The smallest absolute Gasteiger partial charge is 0.0951 e. The number of imidazole rings is 1. The second-order valence-electron chi connectivity index (χ2n) is 6.88. The minimum atomic E-state index is 0.212. The van der Waals surface area contributed by atoms with E-state index < -0.39 is 0 Å². The van der Waals surface area contributed by atoms with Gasteiger partial charge in [0.2, 0.25) is 0 Å². The lowest BCUT2D eigenvalue weighted by Gasteiger charge is -2.25. The summed E-state index contributed by atoms with van der Waals surface area (Å²) in [5.74, 6) is 0. The maximum atomic E-state index is 5.98. The van der Waals surface area contributed by atoms with Crippen LogP contribution in [-0.2, 0) is 0 Å². The average Bonchev–Trinajstić information content (AvgIpc) is 2.92. The van der Waals surface area contributed by atoms with E-state index in [9.17, 15) is 0 Å². The third kappa shape index (κ3) is 3.37. The molecule has 19 heavy (non-hydrogen) atoms. The topological polar surface area (TPSA) is 55.9 Å². The van der Waals surface area contributed by atoms with Crippen LogP contribution in [0.5, 0.6) is 0 Å². The lowest BCUT2D eigenvalue weighted by atomic mass is 9.92. The quantitative estimate of drug-likeness (QED) is 0.859. The molecular weight excluding hydrogens is 236 g/mol. The summed E-state index contributed by atoms with van der Waals surface area (Å²) in [6.07, 6.45) is 7.64. The maximum absolute atomic E-state index is 5.98. The number of nitrogens with two attached hydrogens (primary N) is 1. The van der Waals surface area contributed by atoms with Crippen LogP contribution in [0.1, 0.15) is 64.7 Å². The van der Waals surface area contributed by atoms with Crippen molar-refractivity contribution in [2.24, 2.45) is 11.1 Å². The molecule has 1 saturated carbocycles. The largest absolute Gasteiger partial charge is 0.331 e. The molecule has 0 radical (unpaired) electrons. The first kappa shape index (κ1) is 14.5. The van der Waals surface area contributed by atoms with E-state index in [1.807, 2.05) is 12.5 Å². The van der Waals surface area contributed by atoms with E-state index in [0.29, 0.717) is 24.0 Å². The molecule has 4 heteroatoms. The van der Waals surface area contributed by atoms with E-state index in [-0.39, 0.29) is 6.04 Å². The van der Waals surface area contributed by atoms with Gasteiger partial charge in [-0.05, 0) is 38.5 Å². The van der Waals surface area contributed by atoms with Crippen LogP contribution in [-0.4, -0.2) is 22.1 Å². The van der Waals surface area contributed by atoms with E-state index in [1.54, 1.807) is 0 Å². The Bertz CT molecular complexity index is 408. The number of aromatic nitrogens is 2. The first-order valence-corrected chi connectivity index (χ1v) is 7.41. The molecular formula is C15H28N4. The molecule has 108 valence electrons. The van der Waals surface area contributed by atoms with Gasteiger partial charge in [0.1, 0.15) is 0 Å². The van der Waals surface area contributed by atoms with Gasteiger partial charge in [-0.1, -0.05) is 13.8 Å². The normalized spacial score (nSPS) is 24.0. The van der Waals surface area contributed by atoms with Crippen LogP contribution in [0.25, 0.3) is 0 Å². The minimum Gasteiger partial charge on any atom is -0.331 e. The number of hydrogen-bond donors (Lipinski definition) is 2. The third-order valence-corrected chi connectivity index (χ3v) is 4.25. The third-order valence-electron chi connectivity index (χ3n) is 4.25. The molecule has 2 atom stereocenters. The van der Waals surface area contributed by atoms with Gasteiger partial charge in [0.15, 0.2) is 0 Å².